The lowest BCUT2D eigenvalue weighted by molar-refractivity contribution is -0.125. The van der Waals surface area contributed by atoms with Crippen LogP contribution in [0.25, 0.3) is 5.65 Å². The van der Waals surface area contributed by atoms with Crippen molar-refractivity contribution >= 4 is 29.1 Å². The predicted molar refractivity (Wildman–Crippen MR) is 114 cm³/mol. The summed E-state index contributed by atoms with van der Waals surface area (Å²) in [5.74, 6) is 1.86. The van der Waals surface area contributed by atoms with Crippen molar-refractivity contribution in [2.24, 2.45) is 5.92 Å². The number of aromatic nitrogens is 3. The van der Waals surface area contributed by atoms with Crippen molar-refractivity contribution in [3.63, 3.8) is 0 Å². The van der Waals surface area contributed by atoms with Crippen LogP contribution in [0.5, 0.6) is 11.5 Å². The summed E-state index contributed by atoms with van der Waals surface area (Å²) in [6.07, 6.45) is 3.52. The molecule has 0 aliphatic carbocycles. The van der Waals surface area contributed by atoms with Crippen molar-refractivity contribution < 1.29 is 14.3 Å². The van der Waals surface area contributed by atoms with Crippen LogP contribution in [0, 0.1) is 5.92 Å². The van der Waals surface area contributed by atoms with E-state index in [9.17, 15) is 4.79 Å². The zero-order valence-corrected chi connectivity index (χ0v) is 17.7. The summed E-state index contributed by atoms with van der Waals surface area (Å²) in [5.41, 5.74) is 1.60. The smallest absolute Gasteiger partial charge is 0.231 e. The summed E-state index contributed by atoms with van der Waals surface area (Å²) in [6.45, 7) is 1.77. The van der Waals surface area contributed by atoms with E-state index in [1.165, 1.54) is 0 Å². The molecule has 1 atom stereocenters. The molecular weight excluding hydrogens is 406 g/mol. The number of rotatable bonds is 6. The van der Waals surface area contributed by atoms with Crippen LogP contribution in [0.15, 0.2) is 36.5 Å². The number of piperidine rings is 1. The van der Waals surface area contributed by atoms with Crippen molar-refractivity contribution in [1.82, 2.24) is 19.9 Å². The lowest BCUT2D eigenvalue weighted by atomic mass is 9.97. The number of anilines is 1. The van der Waals surface area contributed by atoms with Crippen LogP contribution in [0.1, 0.15) is 18.4 Å². The minimum Gasteiger partial charge on any atom is -0.493 e. The highest BCUT2D eigenvalue weighted by Gasteiger charge is 2.28. The summed E-state index contributed by atoms with van der Waals surface area (Å²) < 4.78 is 12.6. The molecule has 0 saturated carbocycles. The van der Waals surface area contributed by atoms with Crippen LogP contribution in [0.4, 0.5) is 5.95 Å². The van der Waals surface area contributed by atoms with Gasteiger partial charge in [-0.15, -0.1) is 10.2 Å². The molecule has 1 aliphatic heterocycles. The summed E-state index contributed by atoms with van der Waals surface area (Å²) in [7, 11) is 3.19. The number of carbonyl (C=O) groups is 1. The fourth-order valence-corrected chi connectivity index (χ4v) is 4.02. The van der Waals surface area contributed by atoms with Gasteiger partial charge in [0.25, 0.3) is 0 Å². The van der Waals surface area contributed by atoms with Gasteiger partial charge in [-0.3, -0.25) is 9.20 Å². The summed E-state index contributed by atoms with van der Waals surface area (Å²) in [6, 6.07) is 9.25. The maximum absolute atomic E-state index is 12.9. The van der Waals surface area contributed by atoms with Crippen molar-refractivity contribution in [2.45, 2.75) is 19.4 Å². The molecule has 1 fully saturated rings. The van der Waals surface area contributed by atoms with Gasteiger partial charge in [-0.1, -0.05) is 23.7 Å². The number of nitrogens with one attached hydrogen (secondary N) is 1. The molecule has 8 nitrogen and oxygen atoms in total. The predicted octanol–water partition coefficient (Wildman–Crippen LogP) is 2.93. The first-order valence-corrected chi connectivity index (χ1v) is 10.2. The van der Waals surface area contributed by atoms with Crippen molar-refractivity contribution in [1.29, 1.82) is 0 Å². The van der Waals surface area contributed by atoms with Gasteiger partial charge >= 0.3 is 0 Å². The molecule has 4 rings (SSSR count). The van der Waals surface area contributed by atoms with Gasteiger partial charge in [-0.2, -0.15) is 0 Å². The lowest BCUT2D eigenvalue weighted by Crippen LogP contribution is -2.43. The highest BCUT2D eigenvalue weighted by Crippen LogP contribution is 2.30. The van der Waals surface area contributed by atoms with Gasteiger partial charge in [0.15, 0.2) is 17.1 Å². The maximum atomic E-state index is 12.9. The number of methoxy groups -OCH3 is 2. The van der Waals surface area contributed by atoms with Crippen LogP contribution < -0.4 is 19.7 Å². The monoisotopic (exact) mass is 429 g/mol. The van der Waals surface area contributed by atoms with Crippen LogP contribution in [0.3, 0.4) is 0 Å². The second-order valence-corrected chi connectivity index (χ2v) is 7.67. The maximum Gasteiger partial charge on any atom is 0.231 e. The van der Waals surface area contributed by atoms with E-state index in [1.807, 2.05) is 28.7 Å². The van der Waals surface area contributed by atoms with Crippen LogP contribution in [-0.4, -0.2) is 47.8 Å². The lowest BCUT2D eigenvalue weighted by Gasteiger charge is -2.32. The summed E-state index contributed by atoms with van der Waals surface area (Å²) in [5, 5.41) is 12.2. The zero-order chi connectivity index (χ0) is 21.1. The number of fused-ring (bicyclic) bond motifs is 1. The third-order valence-electron chi connectivity index (χ3n) is 5.36. The molecule has 158 valence electrons. The zero-order valence-electron chi connectivity index (χ0n) is 17.0. The second kappa shape index (κ2) is 8.79. The average Bonchev–Trinajstić information content (AvgIpc) is 3.20. The molecule has 0 radical (unpaired) electrons. The molecule has 2 aromatic heterocycles. The van der Waals surface area contributed by atoms with Crippen LogP contribution in [0.2, 0.25) is 5.02 Å². The first-order chi connectivity index (χ1) is 14.6. The topological polar surface area (TPSA) is 81.0 Å². The Labute approximate surface area is 179 Å². The number of para-hydroxylation sites is 1. The summed E-state index contributed by atoms with van der Waals surface area (Å²) in [4.78, 5) is 15.0. The SMILES string of the molecule is COc1cccc(CNC(=O)[C@@H]2CCCN(c3nnc4ccc(Cl)cn34)C2)c1OC. The third-order valence-corrected chi connectivity index (χ3v) is 5.58. The van der Waals surface area contributed by atoms with Gasteiger partial charge < -0.3 is 19.7 Å². The fraction of sp³-hybridized carbons (Fsp3) is 0.381. The minimum atomic E-state index is -0.137. The number of nitrogens with zero attached hydrogens (tertiary/aromatic N) is 4. The molecular formula is C21H24ClN5O3. The molecule has 0 unspecified atom stereocenters. The highest BCUT2D eigenvalue weighted by molar-refractivity contribution is 6.30. The molecule has 1 N–H and O–H groups in total. The summed E-state index contributed by atoms with van der Waals surface area (Å²) >= 11 is 6.13. The number of benzene rings is 1. The molecule has 0 spiro atoms. The third kappa shape index (κ3) is 4.00. The van der Waals surface area contributed by atoms with Gasteiger partial charge in [-0.05, 0) is 31.0 Å². The van der Waals surface area contributed by atoms with E-state index in [2.05, 4.69) is 20.4 Å². The Bertz CT molecular complexity index is 1050. The van der Waals surface area contributed by atoms with Gasteiger partial charge in [0.2, 0.25) is 11.9 Å². The number of hydrogen-bond acceptors (Lipinski definition) is 6. The van der Waals surface area contributed by atoms with E-state index in [-0.39, 0.29) is 11.8 Å². The van der Waals surface area contributed by atoms with Gasteiger partial charge in [0, 0.05) is 31.4 Å². The molecule has 0 bridgehead atoms. The van der Waals surface area contributed by atoms with Crippen molar-refractivity contribution in [3.05, 3.63) is 47.1 Å². The van der Waals surface area contributed by atoms with Crippen LogP contribution in [-0.2, 0) is 11.3 Å². The first kappa shape index (κ1) is 20.3. The molecule has 1 saturated heterocycles. The molecule has 30 heavy (non-hydrogen) atoms. The van der Waals surface area contributed by atoms with E-state index in [1.54, 1.807) is 26.5 Å². The first-order valence-electron chi connectivity index (χ1n) is 9.83. The molecule has 9 heteroatoms. The number of carbonyl (C=O) groups excluding carboxylic acids is 1. The highest BCUT2D eigenvalue weighted by atomic mass is 35.5. The normalized spacial score (nSPS) is 16.5. The standard InChI is InChI=1S/C21H24ClN5O3/c1-29-17-7-3-5-14(19(17)30-2)11-23-20(28)15-6-4-10-26(12-15)21-25-24-18-9-8-16(22)13-27(18)21/h3,5,7-9,13,15H,4,6,10-12H2,1-2H3,(H,23,28)/t15-/m1/s1. The molecule has 3 aromatic rings. The quantitative estimate of drug-likeness (QED) is 0.648. The average molecular weight is 430 g/mol. The number of hydrogen-bond donors (Lipinski definition) is 1. The van der Waals surface area contributed by atoms with Crippen molar-refractivity contribution in [3.8, 4) is 11.5 Å². The molecule has 1 aliphatic rings. The largest absolute Gasteiger partial charge is 0.493 e. The van der Waals surface area contributed by atoms with E-state index in [0.29, 0.717) is 35.6 Å². The Balaban J connectivity index is 1.45. The number of amides is 1. The van der Waals surface area contributed by atoms with Gasteiger partial charge in [-0.25, -0.2) is 0 Å². The molecule has 1 amide bonds. The Morgan fingerprint density at radius 2 is 2.10 bits per heavy atom. The van der Waals surface area contributed by atoms with Crippen molar-refractivity contribution in [2.75, 3.05) is 32.2 Å². The number of pyridine rings is 1. The van der Waals surface area contributed by atoms with E-state index >= 15 is 0 Å². The van der Waals surface area contributed by atoms with E-state index < -0.39 is 0 Å². The van der Waals surface area contributed by atoms with Gasteiger partial charge in [0.1, 0.15) is 0 Å². The Hall–Kier alpha value is -3.00. The molecule has 1 aromatic carbocycles. The Morgan fingerprint density at radius 3 is 2.90 bits per heavy atom. The number of ether oxygens (including phenoxy) is 2. The van der Waals surface area contributed by atoms with E-state index in [0.717, 1.165) is 30.6 Å². The minimum absolute atomic E-state index is 0.0106. The van der Waals surface area contributed by atoms with Gasteiger partial charge in [0.05, 0.1) is 25.2 Å². The number of halogens is 1. The fourth-order valence-electron chi connectivity index (χ4n) is 3.86. The Morgan fingerprint density at radius 1 is 1.23 bits per heavy atom. The Kier molecular flexibility index (Phi) is 5.94. The van der Waals surface area contributed by atoms with Crippen LogP contribution >= 0.6 is 11.6 Å². The van der Waals surface area contributed by atoms with E-state index in [4.69, 9.17) is 21.1 Å². The second-order valence-electron chi connectivity index (χ2n) is 7.23. The molecule has 3 heterocycles.